The predicted octanol–water partition coefficient (Wildman–Crippen LogP) is 1.89. The Morgan fingerprint density at radius 3 is 2.60 bits per heavy atom. The molecular weight excluding hydrogens is 282 g/mol. The molecule has 0 spiro atoms. The van der Waals surface area contributed by atoms with Gasteiger partial charge in [-0.1, -0.05) is 17.7 Å². The number of carboxylic acids is 1. The number of rotatable bonds is 5. The minimum atomic E-state index is -1.07. The predicted molar refractivity (Wildman–Crippen MR) is 76.8 cm³/mol. The third-order valence-corrected chi connectivity index (χ3v) is 3.23. The third-order valence-electron chi connectivity index (χ3n) is 2.90. The second-order valence-electron chi connectivity index (χ2n) is 4.36. The highest BCUT2D eigenvalue weighted by Gasteiger charge is 2.17. The summed E-state index contributed by atoms with van der Waals surface area (Å²) in [6, 6.07) is 4.32. The highest BCUT2D eigenvalue weighted by atomic mass is 35.5. The molecule has 1 aromatic carbocycles. The van der Waals surface area contributed by atoms with Crippen LogP contribution in [0.25, 0.3) is 6.08 Å². The minimum absolute atomic E-state index is 0.130. The van der Waals surface area contributed by atoms with E-state index in [1.807, 2.05) is 0 Å². The van der Waals surface area contributed by atoms with E-state index in [4.69, 9.17) is 21.8 Å². The Bertz CT molecular complexity index is 542. The van der Waals surface area contributed by atoms with Crippen molar-refractivity contribution in [3.63, 3.8) is 0 Å². The molecule has 0 heterocycles. The maximum absolute atomic E-state index is 12.1. The Kier molecular flexibility index (Phi) is 5.73. The molecule has 1 aromatic rings. The van der Waals surface area contributed by atoms with Gasteiger partial charge < -0.3 is 15.1 Å². The zero-order valence-corrected chi connectivity index (χ0v) is 12.0. The molecule has 0 radical (unpaired) electrons. The molecule has 6 heteroatoms. The number of aliphatic hydroxyl groups excluding tert-OH is 1. The SMILES string of the molecule is CC(CO)N(C)C(=O)c1ccc(/C=C/C(=O)O)c(Cl)c1. The summed E-state index contributed by atoms with van der Waals surface area (Å²) in [5.41, 5.74) is 0.897. The molecule has 0 aromatic heterocycles. The zero-order valence-electron chi connectivity index (χ0n) is 11.2. The van der Waals surface area contributed by atoms with E-state index in [-0.39, 0.29) is 18.6 Å². The van der Waals surface area contributed by atoms with Crippen LogP contribution in [0.4, 0.5) is 0 Å². The number of hydrogen-bond donors (Lipinski definition) is 2. The average molecular weight is 298 g/mol. The Morgan fingerprint density at radius 1 is 1.45 bits per heavy atom. The van der Waals surface area contributed by atoms with Crippen LogP contribution >= 0.6 is 11.6 Å². The number of carbonyl (C=O) groups is 2. The molecule has 1 unspecified atom stereocenters. The maximum Gasteiger partial charge on any atom is 0.328 e. The van der Waals surface area contributed by atoms with Crippen LogP contribution in [0.2, 0.25) is 5.02 Å². The van der Waals surface area contributed by atoms with Gasteiger partial charge in [-0.3, -0.25) is 4.79 Å². The largest absolute Gasteiger partial charge is 0.478 e. The van der Waals surface area contributed by atoms with E-state index in [0.29, 0.717) is 16.1 Å². The van der Waals surface area contributed by atoms with Crippen LogP contribution in [0.3, 0.4) is 0 Å². The number of hydrogen-bond acceptors (Lipinski definition) is 3. The van der Waals surface area contributed by atoms with Gasteiger partial charge in [0.2, 0.25) is 0 Å². The van der Waals surface area contributed by atoms with Crippen LogP contribution in [0.15, 0.2) is 24.3 Å². The van der Waals surface area contributed by atoms with Crippen molar-refractivity contribution in [1.82, 2.24) is 4.90 Å². The summed E-state index contributed by atoms with van der Waals surface area (Å²) in [4.78, 5) is 24.0. The van der Waals surface area contributed by atoms with Crippen molar-refractivity contribution in [2.75, 3.05) is 13.7 Å². The molecule has 1 amide bonds. The summed E-state index contributed by atoms with van der Waals surface area (Å²) in [7, 11) is 1.59. The van der Waals surface area contributed by atoms with Gasteiger partial charge in [0.05, 0.1) is 12.6 Å². The molecule has 0 aliphatic heterocycles. The van der Waals surface area contributed by atoms with Gasteiger partial charge in [0.1, 0.15) is 0 Å². The number of aliphatic hydroxyl groups is 1. The molecule has 0 fully saturated rings. The first kappa shape index (κ1) is 16.2. The van der Waals surface area contributed by atoms with Crippen molar-refractivity contribution in [3.05, 3.63) is 40.4 Å². The van der Waals surface area contributed by atoms with E-state index < -0.39 is 5.97 Å². The highest BCUT2D eigenvalue weighted by molar-refractivity contribution is 6.32. The molecule has 20 heavy (non-hydrogen) atoms. The van der Waals surface area contributed by atoms with Gasteiger partial charge in [-0.2, -0.15) is 0 Å². The monoisotopic (exact) mass is 297 g/mol. The summed E-state index contributed by atoms with van der Waals surface area (Å²) < 4.78 is 0. The van der Waals surface area contributed by atoms with Crippen molar-refractivity contribution in [1.29, 1.82) is 0 Å². The van der Waals surface area contributed by atoms with Gasteiger partial charge >= 0.3 is 5.97 Å². The molecule has 1 rings (SSSR count). The number of carbonyl (C=O) groups excluding carboxylic acids is 1. The Balaban J connectivity index is 2.97. The summed E-state index contributed by atoms with van der Waals surface area (Å²) in [5, 5.41) is 17.9. The molecular formula is C14H16ClNO4. The lowest BCUT2D eigenvalue weighted by atomic mass is 10.1. The fraction of sp³-hybridized carbons (Fsp3) is 0.286. The molecule has 0 aliphatic carbocycles. The molecule has 5 nitrogen and oxygen atoms in total. The van der Waals surface area contributed by atoms with Gasteiger partial charge in [-0.05, 0) is 30.7 Å². The van der Waals surface area contributed by atoms with Gasteiger partial charge in [0.25, 0.3) is 5.91 Å². The number of carboxylic acid groups (broad SMARTS) is 1. The first-order chi connectivity index (χ1) is 9.36. The second-order valence-corrected chi connectivity index (χ2v) is 4.76. The molecule has 2 N–H and O–H groups in total. The van der Waals surface area contributed by atoms with Crippen LogP contribution < -0.4 is 0 Å². The molecule has 108 valence electrons. The van der Waals surface area contributed by atoms with Crippen LogP contribution in [-0.4, -0.2) is 46.7 Å². The highest BCUT2D eigenvalue weighted by Crippen LogP contribution is 2.20. The fourth-order valence-corrected chi connectivity index (χ4v) is 1.73. The minimum Gasteiger partial charge on any atom is -0.478 e. The number of benzene rings is 1. The number of amides is 1. The van der Waals surface area contributed by atoms with Gasteiger partial charge in [0.15, 0.2) is 0 Å². The summed E-state index contributed by atoms with van der Waals surface area (Å²) in [6.45, 7) is 1.60. The Labute approximate surface area is 122 Å². The standard InChI is InChI=1S/C14H16ClNO4/c1-9(8-17)16(2)14(20)11-4-3-10(12(15)7-11)5-6-13(18)19/h3-7,9,17H,8H2,1-2H3,(H,18,19)/b6-5+. The van der Waals surface area contributed by atoms with Crippen LogP contribution in [-0.2, 0) is 4.79 Å². The lowest BCUT2D eigenvalue weighted by Crippen LogP contribution is -2.37. The van der Waals surface area contributed by atoms with E-state index in [0.717, 1.165) is 6.08 Å². The van der Waals surface area contributed by atoms with Gasteiger partial charge in [0, 0.05) is 23.7 Å². The third kappa shape index (κ3) is 4.08. The second kappa shape index (κ2) is 7.07. The van der Waals surface area contributed by atoms with E-state index in [1.165, 1.54) is 17.0 Å². The number of nitrogens with zero attached hydrogens (tertiary/aromatic N) is 1. The van der Waals surface area contributed by atoms with Gasteiger partial charge in [-0.15, -0.1) is 0 Å². The summed E-state index contributed by atoms with van der Waals surface area (Å²) in [6.07, 6.45) is 2.33. The van der Waals surface area contributed by atoms with Crippen molar-refractivity contribution >= 4 is 29.6 Å². The van der Waals surface area contributed by atoms with Crippen LogP contribution in [0.1, 0.15) is 22.8 Å². The van der Waals surface area contributed by atoms with E-state index in [2.05, 4.69) is 0 Å². The fourth-order valence-electron chi connectivity index (χ4n) is 1.48. The first-order valence-electron chi connectivity index (χ1n) is 5.95. The molecule has 0 bridgehead atoms. The number of aliphatic carboxylic acids is 1. The quantitative estimate of drug-likeness (QED) is 0.814. The first-order valence-corrected chi connectivity index (χ1v) is 6.33. The Morgan fingerprint density at radius 2 is 2.10 bits per heavy atom. The average Bonchev–Trinajstić information content (AvgIpc) is 2.43. The van der Waals surface area contributed by atoms with Crippen molar-refractivity contribution < 1.29 is 19.8 Å². The summed E-state index contributed by atoms with van der Waals surface area (Å²) in [5.74, 6) is -1.33. The van der Waals surface area contributed by atoms with Crippen LogP contribution in [0, 0.1) is 0 Å². The van der Waals surface area contributed by atoms with Crippen molar-refractivity contribution in [2.24, 2.45) is 0 Å². The topological polar surface area (TPSA) is 77.8 Å². The molecule has 0 saturated carbocycles. The summed E-state index contributed by atoms with van der Waals surface area (Å²) >= 11 is 6.01. The van der Waals surface area contributed by atoms with Gasteiger partial charge in [-0.25, -0.2) is 4.79 Å². The normalized spacial score (nSPS) is 12.4. The zero-order chi connectivity index (χ0) is 15.3. The Hall–Kier alpha value is -1.85. The van der Waals surface area contributed by atoms with Crippen molar-refractivity contribution in [2.45, 2.75) is 13.0 Å². The molecule has 1 atom stereocenters. The van der Waals surface area contributed by atoms with E-state index in [1.54, 1.807) is 26.1 Å². The lowest BCUT2D eigenvalue weighted by molar-refractivity contribution is -0.131. The van der Waals surface area contributed by atoms with Crippen LogP contribution in [0.5, 0.6) is 0 Å². The molecule has 0 saturated heterocycles. The lowest BCUT2D eigenvalue weighted by Gasteiger charge is -2.23. The number of halogens is 1. The smallest absolute Gasteiger partial charge is 0.328 e. The maximum atomic E-state index is 12.1. The van der Waals surface area contributed by atoms with Crippen molar-refractivity contribution in [3.8, 4) is 0 Å². The number of likely N-dealkylation sites (N-methyl/N-ethyl adjacent to an activating group) is 1. The van der Waals surface area contributed by atoms with E-state index in [9.17, 15) is 9.59 Å². The molecule has 0 aliphatic rings. The van der Waals surface area contributed by atoms with E-state index >= 15 is 0 Å².